The number of aromatic nitrogens is 6. The number of fused-ring (bicyclic) bond motifs is 2. The van der Waals surface area contributed by atoms with Crippen molar-refractivity contribution in [1.29, 1.82) is 0 Å². The Balaban J connectivity index is 1.40. The predicted molar refractivity (Wildman–Crippen MR) is 124 cm³/mol. The number of carbonyl (C=O) groups is 1. The van der Waals surface area contributed by atoms with E-state index in [1.165, 1.54) is 18.7 Å². The van der Waals surface area contributed by atoms with Crippen molar-refractivity contribution in [1.82, 2.24) is 29.5 Å². The SMILES string of the molecule is C=CC(=O)Nc1ccc2ncnc(Nc3ccc(Oc4ccn5ncnc5n4)c(C)c3)c2c1. The zero-order valence-electron chi connectivity index (χ0n) is 17.6. The van der Waals surface area contributed by atoms with Gasteiger partial charge >= 0.3 is 0 Å². The van der Waals surface area contributed by atoms with Crippen LogP contribution >= 0.6 is 0 Å². The summed E-state index contributed by atoms with van der Waals surface area (Å²) in [5.74, 6) is 1.88. The molecule has 0 saturated heterocycles. The van der Waals surface area contributed by atoms with Gasteiger partial charge in [0, 0.05) is 29.0 Å². The van der Waals surface area contributed by atoms with Crippen molar-refractivity contribution in [3.8, 4) is 11.6 Å². The molecule has 10 nitrogen and oxygen atoms in total. The monoisotopic (exact) mass is 438 g/mol. The van der Waals surface area contributed by atoms with Crippen molar-refractivity contribution >= 4 is 39.8 Å². The standard InChI is InChI=1S/C23H18N8O2/c1-3-20(32)28-16-4-6-18-17(11-16)22(25-12-24-18)29-15-5-7-19(14(2)10-15)33-21-8-9-31-23(30-21)26-13-27-31/h3-13H,1H2,2H3,(H,28,32)(H,24,25,29). The summed E-state index contributed by atoms with van der Waals surface area (Å²) in [6.07, 6.45) is 5.88. The summed E-state index contributed by atoms with van der Waals surface area (Å²) < 4.78 is 7.49. The molecule has 0 spiro atoms. The van der Waals surface area contributed by atoms with E-state index in [0.717, 1.165) is 22.2 Å². The highest BCUT2D eigenvalue weighted by molar-refractivity contribution is 6.01. The van der Waals surface area contributed by atoms with Crippen molar-refractivity contribution < 1.29 is 9.53 Å². The minimum atomic E-state index is -0.287. The molecule has 0 atom stereocenters. The van der Waals surface area contributed by atoms with Crippen molar-refractivity contribution in [2.24, 2.45) is 0 Å². The maximum atomic E-state index is 11.6. The van der Waals surface area contributed by atoms with Gasteiger partial charge in [0.1, 0.15) is 24.2 Å². The van der Waals surface area contributed by atoms with Crippen molar-refractivity contribution in [3.63, 3.8) is 0 Å². The summed E-state index contributed by atoms with van der Waals surface area (Å²) in [7, 11) is 0. The highest BCUT2D eigenvalue weighted by atomic mass is 16.5. The molecule has 10 heteroatoms. The van der Waals surface area contributed by atoms with Crippen molar-refractivity contribution in [2.75, 3.05) is 10.6 Å². The molecule has 0 radical (unpaired) electrons. The second-order valence-corrected chi connectivity index (χ2v) is 7.13. The highest BCUT2D eigenvalue weighted by Crippen LogP contribution is 2.30. The Kier molecular flexibility index (Phi) is 5.07. The lowest BCUT2D eigenvalue weighted by atomic mass is 10.1. The molecule has 1 amide bonds. The van der Waals surface area contributed by atoms with Gasteiger partial charge in [-0.15, -0.1) is 0 Å². The van der Waals surface area contributed by atoms with Crippen LogP contribution < -0.4 is 15.4 Å². The van der Waals surface area contributed by atoms with E-state index in [1.54, 1.807) is 22.8 Å². The largest absolute Gasteiger partial charge is 0.439 e. The average Bonchev–Trinajstić information content (AvgIpc) is 3.29. The number of amides is 1. The number of nitrogens with one attached hydrogen (secondary N) is 2. The second kappa shape index (κ2) is 8.35. The lowest BCUT2D eigenvalue weighted by molar-refractivity contribution is -0.111. The van der Waals surface area contributed by atoms with Crippen LogP contribution in [0, 0.1) is 6.92 Å². The van der Waals surface area contributed by atoms with E-state index in [4.69, 9.17) is 4.74 Å². The van der Waals surface area contributed by atoms with E-state index in [1.807, 2.05) is 37.3 Å². The lowest BCUT2D eigenvalue weighted by Crippen LogP contribution is -2.07. The molecule has 2 aromatic carbocycles. The Hall–Kier alpha value is -4.86. The Morgan fingerprint density at radius 3 is 2.79 bits per heavy atom. The molecule has 2 N–H and O–H groups in total. The third-order valence-corrected chi connectivity index (χ3v) is 4.86. The quantitative estimate of drug-likeness (QED) is 0.381. The fraction of sp³-hybridized carbons (Fsp3) is 0.0435. The van der Waals surface area contributed by atoms with Crippen LogP contribution in [0.5, 0.6) is 11.6 Å². The summed E-state index contributed by atoms with van der Waals surface area (Å²) >= 11 is 0. The molecule has 0 bridgehead atoms. The molecule has 0 unspecified atom stereocenters. The van der Waals surface area contributed by atoms with Gasteiger partial charge in [-0.1, -0.05) is 6.58 Å². The maximum Gasteiger partial charge on any atom is 0.255 e. The first-order chi connectivity index (χ1) is 16.1. The van der Waals surface area contributed by atoms with Gasteiger partial charge in [-0.05, 0) is 55.0 Å². The van der Waals surface area contributed by atoms with Gasteiger partial charge in [-0.25, -0.2) is 14.5 Å². The predicted octanol–water partition coefficient (Wildman–Crippen LogP) is 4.04. The van der Waals surface area contributed by atoms with Crippen LogP contribution in [0.3, 0.4) is 0 Å². The van der Waals surface area contributed by atoms with Gasteiger partial charge in [0.05, 0.1) is 5.52 Å². The molecule has 0 aliphatic heterocycles. The molecule has 5 aromatic rings. The Morgan fingerprint density at radius 1 is 1.06 bits per heavy atom. The fourth-order valence-electron chi connectivity index (χ4n) is 3.27. The van der Waals surface area contributed by atoms with Gasteiger partial charge in [0.15, 0.2) is 0 Å². The van der Waals surface area contributed by atoms with Gasteiger partial charge < -0.3 is 15.4 Å². The molecule has 33 heavy (non-hydrogen) atoms. The molecular formula is C23H18N8O2. The van der Waals surface area contributed by atoms with Crippen LogP contribution in [0.25, 0.3) is 16.7 Å². The van der Waals surface area contributed by atoms with Gasteiger partial charge in [-0.3, -0.25) is 4.79 Å². The van der Waals surface area contributed by atoms with Crippen molar-refractivity contribution in [3.05, 3.63) is 79.5 Å². The summed E-state index contributed by atoms with van der Waals surface area (Å²) in [4.78, 5) is 28.7. The number of anilines is 3. The van der Waals surface area contributed by atoms with Crippen LogP contribution in [0.2, 0.25) is 0 Å². The van der Waals surface area contributed by atoms with E-state index in [-0.39, 0.29) is 5.91 Å². The maximum absolute atomic E-state index is 11.6. The molecular weight excluding hydrogens is 420 g/mol. The Labute approximate surface area is 188 Å². The number of hydrogen-bond donors (Lipinski definition) is 2. The third-order valence-electron chi connectivity index (χ3n) is 4.86. The number of aryl methyl sites for hydroxylation is 1. The molecule has 0 aliphatic rings. The van der Waals surface area contributed by atoms with Crippen LogP contribution in [0.15, 0.2) is 74.0 Å². The molecule has 3 aromatic heterocycles. The number of hydrogen-bond acceptors (Lipinski definition) is 8. The van der Waals surface area contributed by atoms with E-state index in [2.05, 4.69) is 42.2 Å². The highest BCUT2D eigenvalue weighted by Gasteiger charge is 2.09. The summed E-state index contributed by atoms with van der Waals surface area (Å²) in [5.41, 5.74) is 3.10. The number of nitrogens with zero attached hydrogens (tertiary/aromatic N) is 6. The third kappa shape index (κ3) is 4.17. The zero-order valence-corrected chi connectivity index (χ0v) is 17.6. The van der Waals surface area contributed by atoms with E-state index in [9.17, 15) is 4.79 Å². The lowest BCUT2D eigenvalue weighted by Gasteiger charge is -2.12. The van der Waals surface area contributed by atoms with E-state index >= 15 is 0 Å². The average molecular weight is 438 g/mol. The van der Waals surface area contributed by atoms with Gasteiger partial charge in [-0.2, -0.15) is 15.1 Å². The fourth-order valence-corrected chi connectivity index (χ4v) is 3.27. The molecule has 3 heterocycles. The van der Waals surface area contributed by atoms with Gasteiger partial charge in [0.2, 0.25) is 11.8 Å². The first kappa shape index (κ1) is 20.1. The first-order valence-corrected chi connectivity index (χ1v) is 9.99. The number of ether oxygens (including phenoxy) is 1. The van der Waals surface area contributed by atoms with Gasteiger partial charge in [0.25, 0.3) is 5.78 Å². The molecule has 0 saturated carbocycles. The topological polar surface area (TPSA) is 119 Å². The van der Waals surface area contributed by atoms with Crippen LogP contribution in [0.4, 0.5) is 17.2 Å². The number of carbonyl (C=O) groups excluding carboxylic acids is 1. The molecule has 0 aliphatic carbocycles. The first-order valence-electron chi connectivity index (χ1n) is 9.99. The van der Waals surface area contributed by atoms with E-state index < -0.39 is 0 Å². The minimum Gasteiger partial charge on any atom is -0.439 e. The molecule has 0 fully saturated rings. The molecule has 5 rings (SSSR count). The smallest absolute Gasteiger partial charge is 0.255 e. The summed E-state index contributed by atoms with van der Waals surface area (Å²) in [6, 6.07) is 12.8. The minimum absolute atomic E-state index is 0.287. The van der Waals surface area contributed by atoms with Crippen LogP contribution in [0.1, 0.15) is 5.56 Å². The zero-order chi connectivity index (χ0) is 22.8. The number of benzene rings is 2. The molecule has 162 valence electrons. The summed E-state index contributed by atoms with van der Waals surface area (Å²) in [6.45, 7) is 5.42. The second-order valence-electron chi connectivity index (χ2n) is 7.13. The van der Waals surface area contributed by atoms with Crippen LogP contribution in [-0.4, -0.2) is 35.5 Å². The van der Waals surface area contributed by atoms with E-state index in [0.29, 0.717) is 28.9 Å². The van der Waals surface area contributed by atoms with Crippen LogP contribution in [-0.2, 0) is 4.79 Å². The Bertz CT molecular complexity index is 1510. The summed E-state index contributed by atoms with van der Waals surface area (Å²) in [5, 5.41) is 10.9. The normalized spacial score (nSPS) is 10.8. The Morgan fingerprint density at radius 2 is 1.94 bits per heavy atom. The van der Waals surface area contributed by atoms with Crippen molar-refractivity contribution in [2.45, 2.75) is 6.92 Å². The number of rotatable bonds is 6.